The van der Waals surface area contributed by atoms with Gasteiger partial charge in [0.1, 0.15) is 6.26 Å². The number of carboxylic acids is 1. The Morgan fingerprint density at radius 2 is 2.38 bits per heavy atom. The first-order valence-electron chi connectivity index (χ1n) is 5.23. The summed E-state index contributed by atoms with van der Waals surface area (Å²) in [6.45, 7) is 5.22. The average molecular weight is 241 g/mol. The maximum Gasteiger partial charge on any atom is 0.373 e. The summed E-state index contributed by atoms with van der Waals surface area (Å²) in [5.74, 6) is -0.416. The maximum absolute atomic E-state index is 11.0. The van der Waals surface area contributed by atoms with Crippen LogP contribution in [-0.4, -0.2) is 29.9 Å². The molecule has 0 aromatic carbocycles. The second-order valence-corrected chi connectivity index (χ2v) is 5.61. The number of anilines is 1. The van der Waals surface area contributed by atoms with Crippen LogP contribution in [0.4, 0.5) is 5.69 Å². The molecule has 1 aliphatic heterocycles. The molecule has 1 aromatic rings. The van der Waals surface area contributed by atoms with Gasteiger partial charge >= 0.3 is 5.97 Å². The van der Waals surface area contributed by atoms with Crippen LogP contribution < -0.4 is 4.90 Å². The van der Waals surface area contributed by atoms with Crippen LogP contribution in [0.1, 0.15) is 24.4 Å². The number of carbonyl (C=O) groups is 1. The van der Waals surface area contributed by atoms with E-state index in [-0.39, 0.29) is 5.76 Å². The molecule has 2 rings (SSSR count). The average Bonchev–Trinajstić information content (AvgIpc) is 2.61. The summed E-state index contributed by atoms with van der Waals surface area (Å²) in [4.78, 5) is 13.8. The Hall–Kier alpha value is -1.10. The molecule has 88 valence electrons. The summed E-state index contributed by atoms with van der Waals surface area (Å²) in [7, 11) is 1.97. The highest BCUT2D eigenvalue weighted by Crippen LogP contribution is 2.43. The van der Waals surface area contributed by atoms with Crippen LogP contribution >= 0.6 is 11.8 Å². The second kappa shape index (κ2) is 4.05. The van der Waals surface area contributed by atoms with E-state index < -0.39 is 5.97 Å². The van der Waals surface area contributed by atoms with E-state index in [2.05, 4.69) is 18.7 Å². The Morgan fingerprint density at radius 3 is 2.94 bits per heavy atom. The number of furan rings is 1. The Balaban J connectivity index is 2.38. The van der Waals surface area contributed by atoms with Crippen LogP contribution in [0.3, 0.4) is 0 Å². The van der Waals surface area contributed by atoms with Gasteiger partial charge in [-0.05, 0) is 5.92 Å². The van der Waals surface area contributed by atoms with Crippen molar-refractivity contribution < 1.29 is 14.3 Å². The van der Waals surface area contributed by atoms with Crippen molar-refractivity contribution in [3.63, 3.8) is 0 Å². The smallest absolute Gasteiger partial charge is 0.373 e. The first-order valence-corrected chi connectivity index (χ1v) is 6.11. The fourth-order valence-corrected chi connectivity index (χ4v) is 3.21. The highest BCUT2D eigenvalue weighted by atomic mass is 32.2. The number of carboxylic acid groups (broad SMARTS) is 1. The summed E-state index contributed by atoms with van der Waals surface area (Å²) >= 11 is 1.61. The van der Waals surface area contributed by atoms with Crippen molar-refractivity contribution in [2.75, 3.05) is 18.5 Å². The van der Waals surface area contributed by atoms with Gasteiger partial charge in [0.15, 0.2) is 0 Å². The fourth-order valence-electron chi connectivity index (χ4n) is 1.77. The Labute approximate surface area is 98.6 Å². The van der Waals surface area contributed by atoms with Gasteiger partial charge in [0.05, 0.1) is 10.6 Å². The van der Waals surface area contributed by atoms with E-state index in [1.165, 1.54) is 6.26 Å². The van der Waals surface area contributed by atoms with E-state index in [0.29, 0.717) is 11.2 Å². The highest BCUT2D eigenvalue weighted by Gasteiger charge is 2.31. The molecule has 1 N–H and O–H groups in total. The largest absolute Gasteiger partial charge is 0.475 e. The van der Waals surface area contributed by atoms with E-state index in [0.717, 1.165) is 17.1 Å². The molecule has 0 aliphatic carbocycles. The van der Waals surface area contributed by atoms with Gasteiger partial charge in [0, 0.05) is 18.8 Å². The Kier molecular flexibility index (Phi) is 2.88. The zero-order valence-electron chi connectivity index (χ0n) is 9.56. The molecule has 1 aromatic heterocycles. The van der Waals surface area contributed by atoms with Crippen LogP contribution in [-0.2, 0) is 0 Å². The minimum absolute atomic E-state index is 0.0669. The predicted molar refractivity (Wildman–Crippen MR) is 63.4 cm³/mol. The minimum atomic E-state index is -0.994. The first-order chi connectivity index (χ1) is 7.50. The van der Waals surface area contributed by atoms with E-state index in [1.807, 2.05) is 7.05 Å². The summed E-state index contributed by atoms with van der Waals surface area (Å²) in [6.07, 6.45) is 1.53. The van der Waals surface area contributed by atoms with Gasteiger partial charge in [-0.3, -0.25) is 0 Å². The van der Waals surface area contributed by atoms with E-state index in [4.69, 9.17) is 9.52 Å². The van der Waals surface area contributed by atoms with Crippen molar-refractivity contribution in [2.45, 2.75) is 24.0 Å². The minimum Gasteiger partial charge on any atom is -0.475 e. The van der Waals surface area contributed by atoms with Gasteiger partial charge in [0.25, 0.3) is 0 Å². The lowest BCUT2D eigenvalue weighted by Gasteiger charge is -2.32. The number of thioether (sulfide) groups is 1. The Bertz CT molecular complexity index is 413. The third-order valence-electron chi connectivity index (χ3n) is 2.80. The van der Waals surface area contributed by atoms with Crippen molar-refractivity contribution in [3.05, 3.63) is 12.0 Å². The fraction of sp³-hybridized carbons (Fsp3) is 0.545. The van der Waals surface area contributed by atoms with Gasteiger partial charge in [-0.15, -0.1) is 11.8 Å². The first kappa shape index (κ1) is 11.4. The molecule has 1 unspecified atom stereocenters. The lowest BCUT2D eigenvalue weighted by atomic mass is 10.1. The topological polar surface area (TPSA) is 53.7 Å². The van der Waals surface area contributed by atoms with Crippen molar-refractivity contribution in [3.8, 4) is 0 Å². The molecule has 0 fully saturated rings. The summed E-state index contributed by atoms with van der Waals surface area (Å²) in [6, 6.07) is 0. The van der Waals surface area contributed by atoms with E-state index in [9.17, 15) is 4.79 Å². The molecule has 5 heteroatoms. The van der Waals surface area contributed by atoms with E-state index in [1.54, 1.807) is 11.8 Å². The molecule has 0 bridgehead atoms. The lowest BCUT2D eigenvalue weighted by Crippen LogP contribution is -2.33. The lowest BCUT2D eigenvalue weighted by molar-refractivity contribution is 0.0657. The predicted octanol–water partition coefficient (Wildman–Crippen LogP) is 2.54. The van der Waals surface area contributed by atoms with Gasteiger partial charge < -0.3 is 14.4 Å². The van der Waals surface area contributed by atoms with Gasteiger partial charge in [-0.1, -0.05) is 13.8 Å². The number of fused-ring (bicyclic) bond motifs is 1. The molecule has 2 heterocycles. The third kappa shape index (κ3) is 1.80. The molecule has 0 amide bonds. The molecule has 0 radical (unpaired) electrons. The molecular weight excluding hydrogens is 226 g/mol. The van der Waals surface area contributed by atoms with E-state index >= 15 is 0 Å². The number of aromatic carboxylic acids is 1. The number of hydrogen-bond acceptors (Lipinski definition) is 4. The summed E-state index contributed by atoms with van der Waals surface area (Å²) in [5, 5.41) is 9.43. The monoisotopic (exact) mass is 241 g/mol. The number of nitrogens with zero attached hydrogens (tertiary/aromatic N) is 1. The molecule has 0 spiro atoms. The van der Waals surface area contributed by atoms with Crippen molar-refractivity contribution >= 4 is 23.4 Å². The molecule has 0 saturated heterocycles. The highest BCUT2D eigenvalue weighted by molar-refractivity contribution is 8.00. The van der Waals surface area contributed by atoms with Gasteiger partial charge in [0.2, 0.25) is 5.76 Å². The van der Waals surface area contributed by atoms with Crippen molar-refractivity contribution in [2.24, 2.45) is 5.92 Å². The second-order valence-electron chi connectivity index (χ2n) is 4.37. The van der Waals surface area contributed by atoms with Crippen molar-refractivity contribution in [1.82, 2.24) is 0 Å². The van der Waals surface area contributed by atoms with Crippen LogP contribution in [0.25, 0.3) is 0 Å². The zero-order chi connectivity index (χ0) is 11.9. The molecule has 4 nitrogen and oxygen atoms in total. The quantitative estimate of drug-likeness (QED) is 0.862. The zero-order valence-corrected chi connectivity index (χ0v) is 10.4. The van der Waals surface area contributed by atoms with Gasteiger partial charge in [-0.2, -0.15) is 0 Å². The standard InChI is InChI=1S/C11H15NO3S/c1-6(2)8-4-12(3)7-5-15-9(11(13)14)10(7)16-8/h5-6,8H,4H2,1-3H3,(H,13,14). The maximum atomic E-state index is 11.0. The molecular formula is C11H15NO3S. The van der Waals surface area contributed by atoms with Crippen molar-refractivity contribution in [1.29, 1.82) is 0 Å². The normalized spacial score (nSPS) is 20.0. The van der Waals surface area contributed by atoms with Crippen LogP contribution in [0.5, 0.6) is 0 Å². The molecule has 0 saturated carbocycles. The van der Waals surface area contributed by atoms with Crippen LogP contribution in [0.15, 0.2) is 15.6 Å². The third-order valence-corrected chi connectivity index (χ3v) is 4.43. The van der Waals surface area contributed by atoms with Gasteiger partial charge in [-0.25, -0.2) is 4.79 Å². The molecule has 1 atom stereocenters. The SMILES string of the molecule is CC(C)C1CN(C)c2coc(C(=O)O)c2S1. The van der Waals surface area contributed by atoms with Crippen LogP contribution in [0.2, 0.25) is 0 Å². The number of hydrogen-bond donors (Lipinski definition) is 1. The van der Waals surface area contributed by atoms with Crippen LogP contribution in [0, 0.1) is 5.92 Å². The Morgan fingerprint density at radius 1 is 1.69 bits per heavy atom. The summed E-state index contributed by atoms with van der Waals surface area (Å²) in [5.41, 5.74) is 0.888. The summed E-state index contributed by atoms with van der Waals surface area (Å²) < 4.78 is 5.12. The molecule has 16 heavy (non-hydrogen) atoms. The number of rotatable bonds is 2. The molecule has 1 aliphatic rings.